The van der Waals surface area contributed by atoms with E-state index in [4.69, 9.17) is 0 Å². The molecule has 3 rings (SSSR count). The van der Waals surface area contributed by atoms with Gasteiger partial charge >= 0.3 is 0 Å². The Balaban J connectivity index is 1.88. The Morgan fingerprint density at radius 3 is 3.31 bits per heavy atom. The third-order valence-electron chi connectivity index (χ3n) is 3.16. The number of rotatable bonds is 1. The van der Waals surface area contributed by atoms with Crippen LogP contribution in [-0.2, 0) is 13.0 Å². The summed E-state index contributed by atoms with van der Waals surface area (Å²) in [6.07, 6.45) is 3.77. The van der Waals surface area contributed by atoms with Gasteiger partial charge in [-0.3, -0.25) is 4.68 Å². The van der Waals surface area contributed by atoms with Crippen molar-refractivity contribution < 1.29 is 0 Å². The molecule has 1 atom stereocenters. The largest absolute Gasteiger partial charge is 0.316 e. The van der Waals surface area contributed by atoms with Crippen LogP contribution in [0.15, 0.2) is 6.07 Å². The molecule has 3 heterocycles. The topological polar surface area (TPSA) is 29.9 Å². The number of nitrogens with zero attached hydrogens (tertiary/aromatic N) is 2. The first-order valence-corrected chi connectivity index (χ1v) is 5.21. The van der Waals surface area contributed by atoms with Gasteiger partial charge in [0.25, 0.3) is 0 Å². The SMILES string of the molecule is c1c(C2CCNC2)nn2c1CCC2. The number of aryl methyl sites for hydroxylation is 2. The van der Waals surface area contributed by atoms with E-state index in [2.05, 4.69) is 21.2 Å². The van der Waals surface area contributed by atoms with Crippen molar-refractivity contribution in [1.29, 1.82) is 0 Å². The Labute approximate surface area is 78.1 Å². The maximum Gasteiger partial charge on any atom is 0.0671 e. The van der Waals surface area contributed by atoms with Crippen LogP contribution in [0, 0.1) is 0 Å². The van der Waals surface area contributed by atoms with Gasteiger partial charge in [0.2, 0.25) is 0 Å². The number of fused-ring (bicyclic) bond motifs is 1. The van der Waals surface area contributed by atoms with Crippen LogP contribution in [0.1, 0.15) is 30.1 Å². The van der Waals surface area contributed by atoms with E-state index in [-0.39, 0.29) is 0 Å². The molecule has 2 aliphatic heterocycles. The van der Waals surface area contributed by atoms with Gasteiger partial charge in [0.05, 0.1) is 5.69 Å². The molecule has 0 aliphatic carbocycles. The lowest BCUT2D eigenvalue weighted by molar-refractivity contribution is 0.621. The molecular weight excluding hydrogens is 162 g/mol. The number of aromatic nitrogens is 2. The summed E-state index contributed by atoms with van der Waals surface area (Å²) < 4.78 is 2.19. The summed E-state index contributed by atoms with van der Waals surface area (Å²) in [4.78, 5) is 0. The second kappa shape index (κ2) is 2.84. The summed E-state index contributed by atoms with van der Waals surface area (Å²) >= 11 is 0. The summed E-state index contributed by atoms with van der Waals surface area (Å²) in [7, 11) is 0. The molecule has 3 nitrogen and oxygen atoms in total. The van der Waals surface area contributed by atoms with E-state index < -0.39 is 0 Å². The van der Waals surface area contributed by atoms with Gasteiger partial charge in [-0.25, -0.2) is 0 Å². The lowest BCUT2D eigenvalue weighted by Crippen LogP contribution is -2.08. The van der Waals surface area contributed by atoms with Crippen molar-refractivity contribution in [2.45, 2.75) is 31.7 Å². The monoisotopic (exact) mass is 177 g/mol. The second-order valence-electron chi connectivity index (χ2n) is 4.08. The first-order valence-electron chi connectivity index (χ1n) is 5.21. The molecule has 3 heteroatoms. The van der Waals surface area contributed by atoms with E-state index >= 15 is 0 Å². The van der Waals surface area contributed by atoms with Crippen LogP contribution in [0.4, 0.5) is 0 Å². The standard InChI is InChI=1S/C10H15N3/c1-2-9-6-10(12-13(9)5-1)8-3-4-11-7-8/h6,8,11H,1-5,7H2. The molecule has 0 amide bonds. The maximum atomic E-state index is 4.65. The number of nitrogens with one attached hydrogen (secondary N) is 1. The van der Waals surface area contributed by atoms with E-state index in [0.717, 1.165) is 19.6 Å². The molecule has 1 unspecified atom stereocenters. The van der Waals surface area contributed by atoms with Crippen molar-refractivity contribution in [3.05, 3.63) is 17.5 Å². The minimum absolute atomic E-state index is 0.679. The van der Waals surface area contributed by atoms with Gasteiger partial charge < -0.3 is 5.32 Å². The summed E-state index contributed by atoms with van der Waals surface area (Å²) in [5.41, 5.74) is 2.77. The highest BCUT2D eigenvalue weighted by Gasteiger charge is 2.22. The lowest BCUT2D eigenvalue weighted by atomic mass is 10.0. The van der Waals surface area contributed by atoms with Crippen LogP contribution in [0.2, 0.25) is 0 Å². The van der Waals surface area contributed by atoms with E-state index in [1.165, 1.54) is 30.7 Å². The van der Waals surface area contributed by atoms with Crippen molar-refractivity contribution >= 4 is 0 Å². The van der Waals surface area contributed by atoms with Crippen LogP contribution in [0.3, 0.4) is 0 Å². The molecule has 2 aliphatic rings. The molecule has 0 spiro atoms. The molecule has 0 saturated carbocycles. The first-order chi connectivity index (χ1) is 6.43. The Hall–Kier alpha value is -0.830. The zero-order chi connectivity index (χ0) is 8.67. The van der Waals surface area contributed by atoms with Gasteiger partial charge in [0, 0.05) is 24.7 Å². The summed E-state index contributed by atoms with van der Waals surface area (Å²) in [6.45, 7) is 3.42. The van der Waals surface area contributed by atoms with E-state index in [9.17, 15) is 0 Å². The molecule has 13 heavy (non-hydrogen) atoms. The van der Waals surface area contributed by atoms with Crippen LogP contribution < -0.4 is 5.32 Å². The number of hydrogen-bond donors (Lipinski definition) is 1. The molecule has 1 fully saturated rings. The Kier molecular flexibility index (Phi) is 1.65. The Morgan fingerprint density at radius 1 is 1.54 bits per heavy atom. The van der Waals surface area contributed by atoms with Crippen LogP contribution >= 0.6 is 0 Å². The predicted molar refractivity (Wildman–Crippen MR) is 50.8 cm³/mol. The van der Waals surface area contributed by atoms with Crippen molar-refractivity contribution in [2.24, 2.45) is 0 Å². The quantitative estimate of drug-likeness (QED) is 0.691. The van der Waals surface area contributed by atoms with E-state index in [0.29, 0.717) is 5.92 Å². The van der Waals surface area contributed by atoms with Gasteiger partial charge in [-0.05, 0) is 31.9 Å². The number of hydrogen-bond acceptors (Lipinski definition) is 2. The molecule has 70 valence electrons. The van der Waals surface area contributed by atoms with Crippen LogP contribution in [-0.4, -0.2) is 22.9 Å². The minimum atomic E-state index is 0.679. The van der Waals surface area contributed by atoms with Crippen molar-refractivity contribution in [1.82, 2.24) is 15.1 Å². The molecule has 0 radical (unpaired) electrons. The van der Waals surface area contributed by atoms with Gasteiger partial charge in [-0.15, -0.1) is 0 Å². The normalized spacial score (nSPS) is 26.6. The average molecular weight is 177 g/mol. The van der Waals surface area contributed by atoms with E-state index in [1.54, 1.807) is 0 Å². The molecule has 0 aromatic carbocycles. The Bertz CT molecular complexity index is 288. The van der Waals surface area contributed by atoms with Gasteiger partial charge in [-0.2, -0.15) is 5.10 Å². The fraction of sp³-hybridized carbons (Fsp3) is 0.700. The van der Waals surface area contributed by atoms with Crippen LogP contribution in [0.5, 0.6) is 0 Å². The highest BCUT2D eigenvalue weighted by Crippen LogP contribution is 2.24. The summed E-state index contributed by atoms with van der Waals surface area (Å²) in [5, 5.41) is 8.04. The van der Waals surface area contributed by atoms with Gasteiger partial charge in [0.15, 0.2) is 0 Å². The van der Waals surface area contributed by atoms with Gasteiger partial charge in [-0.1, -0.05) is 0 Å². The fourth-order valence-corrected chi connectivity index (χ4v) is 2.39. The van der Waals surface area contributed by atoms with Crippen molar-refractivity contribution in [3.63, 3.8) is 0 Å². The second-order valence-corrected chi connectivity index (χ2v) is 4.08. The van der Waals surface area contributed by atoms with Crippen LogP contribution in [0.25, 0.3) is 0 Å². The highest BCUT2D eigenvalue weighted by molar-refractivity contribution is 5.18. The zero-order valence-corrected chi connectivity index (χ0v) is 7.79. The zero-order valence-electron chi connectivity index (χ0n) is 7.79. The molecular formula is C10H15N3. The summed E-state index contributed by atoms with van der Waals surface area (Å²) in [5.74, 6) is 0.679. The average Bonchev–Trinajstić information content (AvgIpc) is 2.78. The molecule has 1 N–H and O–H groups in total. The lowest BCUT2D eigenvalue weighted by Gasteiger charge is -2.02. The third kappa shape index (κ3) is 1.18. The smallest absolute Gasteiger partial charge is 0.0671 e. The van der Waals surface area contributed by atoms with Gasteiger partial charge in [0.1, 0.15) is 0 Å². The predicted octanol–water partition coefficient (Wildman–Crippen LogP) is 0.906. The summed E-state index contributed by atoms with van der Waals surface area (Å²) in [6, 6.07) is 2.31. The maximum absolute atomic E-state index is 4.65. The molecule has 1 saturated heterocycles. The fourth-order valence-electron chi connectivity index (χ4n) is 2.39. The third-order valence-corrected chi connectivity index (χ3v) is 3.16. The first kappa shape index (κ1) is 7.56. The molecule has 1 aromatic rings. The van der Waals surface area contributed by atoms with Crippen molar-refractivity contribution in [3.8, 4) is 0 Å². The van der Waals surface area contributed by atoms with Crippen molar-refractivity contribution in [2.75, 3.05) is 13.1 Å². The molecule has 1 aromatic heterocycles. The highest BCUT2D eigenvalue weighted by atomic mass is 15.3. The Morgan fingerprint density at radius 2 is 2.54 bits per heavy atom. The minimum Gasteiger partial charge on any atom is -0.316 e. The molecule has 0 bridgehead atoms. The van der Waals surface area contributed by atoms with E-state index in [1.807, 2.05) is 0 Å².